The number of allylic oxidation sites excluding steroid dienone is 2. The molecule has 0 aromatic heterocycles. The molecule has 0 saturated heterocycles. The molecule has 0 aliphatic heterocycles. The minimum Gasteiger partial charge on any atom is -0.497 e. The van der Waals surface area contributed by atoms with Crippen molar-refractivity contribution in [3.63, 3.8) is 0 Å². The van der Waals surface area contributed by atoms with Crippen molar-refractivity contribution in [3.05, 3.63) is 42.0 Å². The molecule has 0 spiro atoms. The highest BCUT2D eigenvalue weighted by Gasteiger charge is 2.11. The van der Waals surface area contributed by atoms with E-state index < -0.39 is 0 Å². The summed E-state index contributed by atoms with van der Waals surface area (Å²) in [4.78, 5) is 0. The molecule has 0 N–H and O–H groups in total. The lowest BCUT2D eigenvalue weighted by molar-refractivity contribution is 0.414. The van der Waals surface area contributed by atoms with E-state index in [9.17, 15) is 0 Å². The zero-order valence-electron chi connectivity index (χ0n) is 9.99. The van der Waals surface area contributed by atoms with Crippen LogP contribution in [0.1, 0.15) is 43.6 Å². The third-order valence-electron chi connectivity index (χ3n) is 3.35. The molecule has 2 rings (SSSR count). The van der Waals surface area contributed by atoms with Crippen molar-refractivity contribution >= 4 is 0 Å². The van der Waals surface area contributed by atoms with E-state index in [1.165, 1.54) is 37.7 Å². The van der Waals surface area contributed by atoms with Crippen LogP contribution in [0.5, 0.6) is 5.75 Å². The van der Waals surface area contributed by atoms with Crippen molar-refractivity contribution in [1.29, 1.82) is 0 Å². The minimum absolute atomic E-state index is 0.697. The van der Waals surface area contributed by atoms with E-state index in [0.717, 1.165) is 5.75 Å². The summed E-state index contributed by atoms with van der Waals surface area (Å²) >= 11 is 0. The molecule has 0 saturated carbocycles. The Hall–Kier alpha value is -1.24. The normalized spacial score (nSPS) is 23.2. The van der Waals surface area contributed by atoms with Crippen LogP contribution in [0.3, 0.4) is 0 Å². The summed E-state index contributed by atoms with van der Waals surface area (Å²) in [5.41, 5.74) is 1.45. The lowest BCUT2D eigenvalue weighted by atomic mass is 9.88. The maximum atomic E-state index is 5.19. The summed E-state index contributed by atoms with van der Waals surface area (Å²) in [6.07, 6.45) is 11.1. The van der Waals surface area contributed by atoms with Crippen LogP contribution in [0, 0.1) is 0 Å². The van der Waals surface area contributed by atoms with Crippen molar-refractivity contribution in [2.75, 3.05) is 7.11 Å². The Labute approximate surface area is 98.1 Å². The van der Waals surface area contributed by atoms with Gasteiger partial charge in [0.25, 0.3) is 0 Å². The summed E-state index contributed by atoms with van der Waals surface area (Å²) in [5.74, 6) is 1.65. The molecule has 1 atom stereocenters. The predicted molar refractivity (Wildman–Crippen MR) is 68.0 cm³/mol. The lowest BCUT2D eigenvalue weighted by Crippen LogP contribution is -1.99. The molecule has 0 bridgehead atoms. The second kappa shape index (κ2) is 5.74. The van der Waals surface area contributed by atoms with Crippen LogP contribution in [-0.4, -0.2) is 7.11 Å². The van der Waals surface area contributed by atoms with E-state index in [4.69, 9.17) is 4.74 Å². The van der Waals surface area contributed by atoms with Crippen LogP contribution in [0.4, 0.5) is 0 Å². The first-order valence-corrected chi connectivity index (χ1v) is 6.19. The zero-order valence-corrected chi connectivity index (χ0v) is 9.99. The molecule has 1 aromatic carbocycles. The van der Waals surface area contributed by atoms with E-state index >= 15 is 0 Å². The maximum Gasteiger partial charge on any atom is 0.118 e. The summed E-state index contributed by atoms with van der Waals surface area (Å²) in [7, 11) is 1.72. The second-order valence-electron chi connectivity index (χ2n) is 4.46. The Balaban J connectivity index is 2.08. The molecular weight excluding hydrogens is 196 g/mol. The van der Waals surface area contributed by atoms with Gasteiger partial charge in [-0.1, -0.05) is 30.7 Å². The molecule has 0 radical (unpaired) electrons. The number of methoxy groups -OCH3 is 1. The van der Waals surface area contributed by atoms with Crippen LogP contribution in [0.2, 0.25) is 0 Å². The van der Waals surface area contributed by atoms with Gasteiger partial charge in [-0.25, -0.2) is 0 Å². The molecule has 1 aromatic rings. The highest BCUT2D eigenvalue weighted by Crippen LogP contribution is 2.29. The minimum atomic E-state index is 0.697. The summed E-state index contributed by atoms with van der Waals surface area (Å²) in [5, 5.41) is 0. The Morgan fingerprint density at radius 2 is 1.88 bits per heavy atom. The topological polar surface area (TPSA) is 9.23 Å². The lowest BCUT2D eigenvalue weighted by Gasteiger charge is -2.17. The highest BCUT2D eigenvalue weighted by atomic mass is 16.5. The number of hydrogen-bond donors (Lipinski definition) is 0. The Kier molecular flexibility index (Phi) is 4.03. The molecule has 1 nitrogen and oxygen atoms in total. The third kappa shape index (κ3) is 2.88. The van der Waals surface area contributed by atoms with E-state index in [1.54, 1.807) is 7.11 Å². The van der Waals surface area contributed by atoms with Crippen LogP contribution >= 0.6 is 0 Å². The van der Waals surface area contributed by atoms with Crippen molar-refractivity contribution in [2.24, 2.45) is 0 Å². The molecule has 16 heavy (non-hydrogen) atoms. The second-order valence-corrected chi connectivity index (χ2v) is 4.46. The molecule has 0 fully saturated rings. The average Bonchev–Trinajstić information content (AvgIpc) is 2.29. The fraction of sp³-hybridized carbons (Fsp3) is 0.467. The van der Waals surface area contributed by atoms with Gasteiger partial charge >= 0.3 is 0 Å². The average molecular weight is 216 g/mol. The standard InChI is InChI=1S/C15H20O/c1-16-15-11-9-14(10-12-15)13-7-5-3-2-4-6-8-13/h3,5,9-13H,2,4,6-8H2,1H3/b5-3-. The van der Waals surface area contributed by atoms with E-state index in [0.29, 0.717) is 5.92 Å². The Bertz CT molecular complexity index is 337. The molecule has 0 amide bonds. The number of hydrogen-bond acceptors (Lipinski definition) is 1. The third-order valence-corrected chi connectivity index (χ3v) is 3.35. The van der Waals surface area contributed by atoms with Crippen LogP contribution in [0.25, 0.3) is 0 Å². The van der Waals surface area contributed by atoms with Gasteiger partial charge in [0.05, 0.1) is 7.11 Å². The highest BCUT2D eigenvalue weighted by molar-refractivity contribution is 5.29. The summed E-state index contributed by atoms with van der Waals surface area (Å²) in [6, 6.07) is 8.55. The van der Waals surface area contributed by atoms with E-state index in [1.807, 2.05) is 0 Å². The van der Waals surface area contributed by atoms with Gasteiger partial charge in [0.1, 0.15) is 5.75 Å². The van der Waals surface area contributed by atoms with Gasteiger partial charge in [0.2, 0.25) is 0 Å². The molecule has 1 heteroatoms. The first-order chi connectivity index (χ1) is 7.90. The largest absolute Gasteiger partial charge is 0.497 e. The number of rotatable bonds is 2. The first-order valence-electron chi connectivity index (χ1n) is 6.19. The van der Waals surface area contributed by atoms with Gasteiger partial charge < -0.3 is 4.74 Å². The predicted octanol–water partition coefficient (Wildman–Crippen LogP) is 4.30. The van der Waals surface area contributed by atoms with Crippen molar-refractivity contribution < 1.29 is 4.74 Å². The van der Waals surface area contributed by atoms with Gasteiger partial charge in [0, 0.05) is 0 Å². The van der Waals surface area contributed by atoms with E-state index in [2.05, 4.69) is 36.4 Å². The van der Waals surface area contributed by atoms with Gasteiger partial charge in [0.15, 0.2) is 0 Å². The quantitative estimate of drug-likeness (QED) is 0.670. The smallest absolute Gasteiger partial charge is 0.118 e. The maximum absolute atomic E-state index is 5.19. The van der Waals surface area contributed by atoms with Crippen LogP contribution in [0.15, 0.2) is 36.4 Å². The number of ether oxygens (including phenoxy) is 1. The Morgan fingerprint density at radius 3 is 2.62 bits per heavy atom. The van der Waals surface area contributed by atoms with Gasteiger partial charge in [-0.3, -0.25) is 0 Å². The molecule has 1 aliphatic carbocycles. The fourth-order valence-electron chi connectivity index (χ4n) is 2.33. The van der Waals surface area contributed by atoms with Crippen LogP contribution < -0.4 is 4.74 Å². The first kappa shape index (κ1) is 11.3. The Morgan fingerprint density at radius 1 is 1.06 bits per heavy atom. The molecule has 0 heterocycles. The molecule has 1 aliphatic rings. The van der Waals surface area contributed by atoms with Gasteiger partial charge in [-0.15, -0.1) is 0 Å². The molecule has 1 unspecified atom stereocenters. The van der Waals surface area contributed by atoms with Crippen molar-refractivity contribution in [1.82, 2.24) is 0 Å². The summed E-state index contributed by atoms with van der Waals surface area (Å²) < 4.78 is 5.19. The monoisotopic (exact) mass is 216 g/mol. The van der Waals surface area contributed by atoms with Crippen molar-refractivity contribution in [3.8, 4) is 5.75 Å². The fourth-order valence-corrected chi connectivity index (χ4v) is 2.33. The molecular formula is C15H20O. The van der Waals surface area contributed by atoms with E-state index in [-0.39, 0.29) is 0 Å². The van der Waals surface area contributed by atoms with Crippen molar-refractivity contribution in [2.45, 2.75) is 38.0 Å². The number of benzene rings is 1. The molecule has 86 valence electrons. The zero-order chi connectivity index (χ0) is 11.2. The summed E-state index contributed by atoms with van der Waals surface area (Å²) in [6.45, 7) is 0. The van der Waals surface area contributed by atoms with Crippen LogP contribution in [-0.2, 0) is 0 Å². The van der Waals surface area contributed by atoms with Gasteiger partial charge in [-0.05, 0) is 49.3 Å². The SMILES string of the molecule is COc1ccc(C2C/C=C\CCCC2)cc1. The van der Waals surface area contributed by atoms with Gasteiger partial charge in [-0.2, -0.15) is 0 Å².